The van der Waals surface area contributed by atoms with E-state index in [1.807, 2.05) is 43.4 Å². The summed E-state index contributed by atoms with van der Waals surface area (Å²) >= 11 is 0. The first-order chi connectivity index (χ1) is 11.6. The predicted molar refractivity (Wildman–Crippen MR) is 98.8 cm³/mol. The molecular weight excluding hydrogens is 296 g/mol. The topological polar surface area (TPSA) is 33.2 Å². The highest BCUT2D eigenvalue weighted by molar-refractivity contribution is 5.84. The zero-order chi connectivity index (χ0) is 17.1. The highest BCUT2D eigenvalue weighted by Gasteiger charge is 2.21. The highest BCUT2D eigenvalue weighted by atomic mass is 16.1. The summed E-state index contributed by atoms with van der Waals surface area (Å²) in [6.45, 7) is 4.16. The van der Waals surface area contributed by atoms with Crippen molar-refractivity contribution in [1.82, 2.24) is 9.88 Å². The third-order valence-electron chi connectivity index (χ3n) is 4.71. The molecule has 1 fully saturated rings. The van der Waals surface area contributed by atoms with E-state index in [-0.39, 0.29) is 0 Å². The van der Waals surface area contributed by atoms with E-state index in [9.17, 15) is 4.79 Å². The Labute approximate surface area is 144 Å². The normalized spacial score (nSPS) is 13.6. The number of hydrogen-bond acceptors (Lipinski definition) is 3. The van der Waals surface area contributed by atoms with Crippen LogP contribution >= 0.6 is 0 Å². The van der Waals surface area contributed by atoms with Crippen LogP contribution in [0.25, 0.3) is 16.8 Å². The summed E-state index contributed by atoms with van der Waals surface area (Å²) in [7, 11) is 3.96. The summed E-state index contributed by atoms with van der Waals surface area (Å²) in [5.41, 5.74) is 5.65. The number of hydrogen-bond donors (Lipinski definition) is 0. The molecule has 2 aromatic rings. The molecule has 24 heavy (non-hydrogen) atoms. The maximum atomic E-state index is 11.5. The Balaban J connectivity index is 1.94. The van der Waals surface area contributed by atoms with E-state index >= 15 is 0 Å². The molecule has 3 nitrogen and oxygen atoms in total. The fourth-order valence-corrected chi connectivity index (χ4v) is 2.94. The van der Waals surface area contributed by atoms with E-state index in [1.165, 1.54) is 12.8 Å². The van der Waals surface area contributed by atoms with Crippen LogP contribution in [0.15, 0.2) is 43.1 Å². The SMILES string of the molecule is C=C(c1ccccc1-c1cnc(CCC2CC2)c(C=O)c1)N(C)C. The maximum absolute atomic E-state index is 11.5. The fraction of sp³-hybridized carbons (Fsp3) is 0.333. The largest absolute Gasteiger partial charge is 0.378 e. The Morgan fingerprint density at radius 3 is 2.75 bits per heavy atom. The summed E-state index contributed by atoms with van der Waals surface area (Å²) in [4.78, 5) is 18.1. The molecule has 0 N–H and O–H groups in total. The lowest BCUT2D eigenvalue weighted by Crippen LogP contribution is -2.09. The molecule has 1 aliphatic rings. The van der Waals surface area contributed by atoms with Crippen LogP contribution in [0.1, 0.15) is 40.9 Å². The lowest BCUT2D eigenvalue weighted by molar-refractivity contribution is 0.112. The molecule has 1 aromatic heterocycles. The minimum atomic E-state index is 0.707. The summed E-state index contributed by atoms with van der Waals surface area (Å²) in [6, 6.07) is 10.1. The molecule has 0 aliphatic heterocycles. The summed E-state index contributed by atoms with van der Waals surface area (Å²) < 4.78 is 0. The summed E-state index contributed by atoms with van der Waals surface area (Å²) in [5, 5.41) is 0. The monoisotopic (exact) mass is 320 g/mol. The lowest BCUT2D eigenvalue weighted by atomic mass is 9.96. The van der Waals surface area contributed by atoms with E-state index in [4.69, 9.17) is 0 Å². The number of aryl methyl sites for hydroxylation is 1. The van der Waals surface area contributed by atoms with E-state index < -0.39 is 0 Å². The van der Waals surface area contributed by atoms with E-state index in [0.29, 0.717) is 5.56 Å². The zero-order valence-electron chi connectivity index (χ0n) is 14.5. The highest BCUT2D eigenvalue weighted by Crippen LogP contribution is 2.34. The van der Waals surface area contributed by atoms with Crippen molar-refractivity contribution in [3.8, 4) is 11.1 Å². The van der Waals surface area contributed by atoms with Gasteiger partial charge in [-0.15, -0.1) is 0 Å². The number of carbonyl (C=O) groups excluding carboxylic acids is 1. The summed E-state index contributed by atoms with van der Waals surface area (Å²) in [6.07, 6.45) is 7.51. The second kappa shape index (κ2) is 7.00. The van der Waals surface area contributed by atoms with Gasteiger partial charge in [0.05, 0.1) is 5.69 Å². The van der Waals surface area contributed by atoms with Crippen LogP contribution in [0.2, 0.25) is 0 Å². The van der Waals surface area contributed by atoms with Gasteiger partial charge in [0.1, 0.15) is 0 Å². The van der Waals surface area contributed by atoms with Gasteiger partial charge in [0.15, 0.2) is 6.29 Å². The van der Waals surface area contributed by atoms with Gasteiger partial charge >= 0.3 is 0 Å². The van der Waals surface area contributed by atoms with Crippen LogP contribution in [0.5, 0.6) is 0 Å². The molecule has 3 heteroatoms. The molecule has 1 heterocycles. The van der Waals surface area contributed by atoms with Crippen molar-refractivity contribution in [2.75, 3.05) is 14.1 Å². The van der Waals surface area contributed by atoms with Crippen LogP contribution < -0.4 is 0 Å². The second-order valence-electron chi connectivity index (χ2n) is 6.75. The van der Waals surface area contributed by atoms with Gasteiger partial charge in [0, 0.05) is 42.7 Å². The van der Waals surface area contributed by atoms with Crippen molar-refractivity contribution in [3.63, 3.8) is 0 Å². The van der Waals surface area contributed by atoms with Crippen molar-refractivity contribution in [3.05, 3.63) is 59.9 Å². The lowest BCUT2D eigenvalue weighted by Gasteiger charge is -2.19. The standard InChI is InChI=1S/C21H24N2O/c1-15(23(2)3)19-6-4-5-7-20(19)17-12-18(14-24)21(22-13-17)11-10-16-8-9-16/h4-7,12-14,16H,1,8-11H2,2-3H3. The number of rotatable bonds is 7. The Morgan fingerprint density at radius 2 is 2.08 bits per heavy atom. The number of carbonyl (C=O) groups is 1. The molecule has 1 aliphatic carbocycles. The number of aldehydes is 1. The second-order valence-corrected chi connectivity index (χ2v) is 6.75. The minimum Gasteiger partial charge on any atom is -0.378 e. The molecule has 124 valence electrons. The molecular formula is C21H24N2O. The Kier molecular flexibility index (Phi) is 4.79. The predicted octanol–water partition coefficient (Wildman–Crippen LogP) is 4.44. The van der Waals surface area contributed by atoms with Gasteiger partial charge in [-0.1, -0.05) is 43.7 Å². The Bertz CT molecular complexity index is 760. The van der Waals surface area contributed by atoms with Gasteiger partial charge in [-0.2, -0.15) is 0 Å². The smallest absolute Gasteiger partial charge is 0.151 e. The molecule has 0 amide bonds. The van der Waals surface area contributed by atoms with Crippen molar-refractivity contribution < 1.29 is 4.79 Å². The van der Waals surface area contributed by atoms with Crippen LogP contribution in [0, 0.1) is 5.92 Å². The first-order valence-corrected chi connectivity index (χ1v) is 8.50. The zero-order valence-corrected chi connectivity index (χ0v) is 14.5. The molecule has 1 aromatic carbocycles. The van der Waals surface area contributed by atoms with Crippen molar-refractivity contribution in [2.45, 2.75) is 25.7 Å². The van der Waals surface area contributed by atoms with Crippen LogP contribution in [0.4, 0.5) is 0 Å². The van der Waals surface area contributed by atoms with Crippen LogP contribution in [-0.4, -0.2) is 30.3 Å². The van der Waals surface area contributed by atoms with E-state index in [0.717, 1.165) is 53.1 Å². The number of aromatic nitrogens is 1. The third-order valence-corrected chi connectivity index (χ3v) is 4.71. The van der Waals surface area contributed by atoms with E-state index in [1.54, 1.807) is 0 Å². The van der Waals surface area contributed by atoms with Gasteiger partial charge in [-0.3, -0.25) is 9.78 Å². The van der Waals surface area contributed by atoms with Crippen LogP contribution in [0.3, 0.4) is 0 Å². The molecule has 1 saturated carbocycles. The molecule has 0 unspecified atom stereocenters. The van der Waals surface area contributed by atoms with Gasteiger partial charge in [0.2, 0.25) is 0 Å². The first-order valence-electron chi connectivity index (χ1n) is 8.50. The first kappa shape index (κ1) is 16.4. The number of benzene rings is 1. The van der Waals surface area contributed by atoms with Gasteiger partial charge in [-0.25, -0.2) is 0 Å². The molecule has 0 atom stereocenters. The number of pyridine rings is 1. The van der Waals surface area contributed by atoms with Crippen molar-refractivity contribution in [1.29, 1.82) is 0 Å². The van der Waals surface area contributed by atoms with E-state index in [2.05, 4.69) is 23.7 Å². The Morgan fingerprint density at radius 1 is 1.33 bits per heavy atom. The molecule has 0 radical (unpaired) electrons. The summed E-state index contributed by atoms with van der Waals surface area (Å²) in [5.74, 6) is 0.843. The van der Waals surface area contributed by atoms with Crippen molar-refractivity contribution >= 4 is 12.0 Å². The number of nitrogens with zero attached hydrogens (tertiary/aromatic N) is 2. The van der Waals surface area contributed by atoms with Crippen molar-refractivity contribution in [2.24, 2.45) is 5.92 Å². The molecule has 0 spiro atoms. The molecule has 0 bridgehead atoms. The quantitative estimate of drug-likeness (QED) is 0.707. The van der Waals surface area contributed by atoms with Gasteiger partial charge < -0.3 is 4.90 Å². The fourth-order valence-electron chi connectivity index (χ4n) is 2.94. The van der Waals surface area contributed by atoms with Crippen LogP contribution in [-0.2, 0) is 6.42 Å². The average Bonchev–Trinajstić information content (AvgIpc) is 3.43. The minimum absolute atomic E-state index is 0.707. The van der Waals surface area contributed by atoms with Gasteiger partial charge in [-0.05, 0) is 30.4 Å². The third kappa shape index (κ3) is 3.56. The molecule has 0 saturated heterocycles. The Hall–Kier alpha value is -2.42. The molecule has 3 rings (SSSR count). The maximum Gasteiger partial charge on any atom is 0.151 e. The average molecular weight is 320 g/mol. The van der Waals surface area contributed by atoms with Gasteiger partial charge in [0.25, 0.3) is 0 Å².